The summed E-state index contributed by atoms with van der Waals surface area (Å²) in [4.78, 5) is 50.4. The van der Waals surface area contributed by atoms with Gasteiger partial charge in [0.25, 0.3) is 5.91 Å². The van der Waals surface area contributed by atoms with Crippen molar-refractivity contribution in [3.05, 3.63) is 52.5 Å². The van der Waals surface area contributed by atoms with Gasteiger partial charge in [-0.15, -0.1) is 0 Å². The number of benzene rings is 2. The first-order valence-corrected chi connectivity index (χ1v) is 9.96. The predicted molar refractivity (Wildman–Crippen MR) is 111 cm³/mol. The zero-order valence-electron chi connectivity index (χ0n) is 16.2. The van der Waals surface area contributed by atoms with E-state index in [9.17, 15) is 19.2 Å². The Labute approximate surface area is 185 Å². The number of fused-ring (bicyclic) bond motifs is 1. The average Bonchev–Trinajstić information content (AvgIpc) is 3.28. The molecule has 2 aliphatic rings. The lowest BCUT2D eigenvalue weighted by atomic mass is 9.91. The van der Waals surface area contributed by atoms with Crippen LogP contribution in [-0.4, -0.2) is 42.1 Å². The van der Waals surface area contributed by atoms with Gasteiger partial charge in [0.05, 0.1) is 0 Å². The molecule has 1 saturated heterocycles. The van der Waals surface area contributed by atoms with Gasteiger partial charge in [0, 0.05) is 10.2 Å². The van der Waals surface area contributed by atoms with E-state index in [1.807, 2.05) is 0 Å². The molecule has 0 bridgehead atoms. The molecule has 10 nitrogen and oxygen atoms in total. The molecular formula is C20H17BrN4O6. The second kappa shape index (κ2) is 7.91. The first-order valence-electron chi connectivity index (χ1n) is 9.17. The van der Waals surface area contributed by atoms with E-state index in [0.29, 0.717) is 22.7 Å². The zero-order valence-corrected chi connectivity index (χ0v) is 17.8. The molecular weight excluding hydrogens is 472 g/mol. The van der Waals surface area contributed by atoms with Gasteiger partial charge in [0.2, 0.25) is 12.7 Å². The van der Waals surface area contributed by atoms with Gasteiger partial charge in [0.1, 0.15) is 12.1 Å². The van der Waals surface area contributed by atoms with Crippen molar-refractivity contribution in [2.24, 2.45) is 0 Å². The lowest BCUT2D eigenvalue weighted by Gasteiger charge is -2.22. The molecule has 0 radical (unpaired) electrons. The fourth-order valence-electron chi connectivity index (χ4n) is 3.25. The van der Waals surface area contributed by atoms with Crippen LogP contribution in [0.5, 0.6) is 11.5 Å². The van der Waals surface area contributed by atoms with Crippen LogP contribution in [0.25, 0.3) is 0 Å². The second-order valence-corrected chi connectivity index (χ2v) is 7.94. The van der Waals surface area contributed by atoms with Crippen LogP contribution in [0.15, 0.2) is 46.9 Å². The summed E-state index contributed by atoms with van der Waals surface area (Å²) in [6.45, 7) is 0.992. The third-order valence-electron chi connectivity index (χ3n) is 4.88. The number of imide groups is 2. The minimum atomic E-state index is -1.39. The van der Waals surface area contributed by atoms with Crippen LogP contribution in [0, 0.1) is 0 Å². The summed E-state index contributed by atoms with van der Waals surface area (Å²) in [5.74, 6) is -0.438. The molecule has 4 rings (SSSR count). The summed E-state index contributed by atoms with van der Waals surface area (Å²) in [6.07, 6.45) is 0. The topological polar surface area (TPSA) is 126 Å². The van der Waals surface area contributed by atoms with Crippen LogP contribution in [0.4, 0.5) is 15.3 Å². The number of amides is 6. The third kappa shape index (κ3) is 4.04. The molecule has 1 unspecified atom stereocenters. The maximum atomic E-state index is 13.0. The van der Waals surface area contributed by atoms with Crippen molar-refractivity contribution < 1.29 is 28.7 Å². The highest BCUT2D eigenvalue weighted by molar-refractivity contribution is 9.10. The molecule has 0 saturated carbocycles. The van der Waals surface area contributed by atoms with E-state index >= 15 is 0 Å². The van der Waals surface area contributed by atoms with Gasteiger partial charge in [0.15, 0.2) is 11.5 Å². The van der Waals surface area contributed by atoms with Crippen molar-refractivity contribution in [3.8, 4) is 11.5 Å². The number of rotatable bonds is 4. The number of anilines is 1. The minimum absolute atomic E-state index is 0.0738. The zero-order chi connectivity index (χ0) is 22.2. The minimum Gasteiger partial charge on any atom is -0.454 e. The average molecular weight is 489 g/mol. The van der Waals surface area contributed by atoms with Crippen molar-refractivity contribution >= 4 is 45.5 Å². The summed E-state index contributed by atoms with van der Waals surface area (Å²) in [7, 11) is 0. The van der Waals surface area contributed by atoms with E-state index < -0.39 is 36.0 Å². The quantitative estimate of drug-likeness (QED) is 0.566. The highest BCUT2D eigenvalue weighted by atomic mass is 79.9. The predicted octanol–water partition coefficient (Wildman–Crippen LogP) is 2.29. The normalized spacial score (nSPS) is 19.2. The number of nitrogens with zero attached hydrogens (tertiary/aromatic N) is 1. The molecule has 2 aromatic rings. The van der Waals surface area contributed by atoms with E-state index in [0.717, 1.165) is 9.37 Å². The fourth-order valence-corrected chi connectivity index (χ4v) is 3.51. The van der Waals surface area contributed by atoms with Crippen LogP contribution in [0.1, 0.15) is 12.5 Å². The van der Waals surface area contributed by atoms with Crippen LogP contribution in [0.3, 0.4) is 0 Å². The highest BCUT2D eigenvalue weighted by Gasteiger charge is 2.50. The molecule has 1 atom stereocenters. The molecule has 0 spiro atoms. The first-order chi connectivity index (χ1) is 14.8. The Bertz CT molecular complexity index is 1090. The maximum Gasteiger partial charge on any atom is 0.325 e. The molecule has 1 fully saturated rings. The molecule has 2 aromatic carbocycles. The van der Waals surface area contributed by atoms with Gasteiger partial charge < -0.3 is 20.1 Å². The van der Waals surface area contributed by atoms with Crippen molar-refractivity contribution in [2.45, 2.75) is 12.5 Å². The Morgan fingerprint density at radius 3 is 2.58 bits per heavy atom. The molecule has 11 heteroatoms. The Kier molecular flexibility index (Phi) is 5.27. The molecule has 31 heavy (non-hydrogen) atoms. The number of nitrogens with one attached hydrogen (secondary N) is 3. The number of halogens is 1. The number of hydrogen-bond donors (Lipinski definition) is 3. The number of urea groups is 2. The number of ether oxygens (including phenoxy) is 2. The van der Waals surface area contributed by atoms with Gasteiger partial charge in [-0.05, 0) is 48.9 Å². The monoisotopic (exact) mass is 488 g/mol. The largest absolute Gasteiger partial charge is 0.454 e. The SMILES string of the molecule is CC1(c2ccc3c(c2)OCO3)NC(=O)N(CC(=O)NC(=O)Nc2ccc(Br)cc2)C1=O. The smallest absolute Gasteiger partial charge is 0.325 e. The van der Waals surface area contributed by atoms with Crippen LogP contribution in [0.2, 0.25) is 0 Å². The van der Waals surface area contributed by atoms with Gasteiger partial charge in [-0.25, -0.2) is 9.59 Å². The third-order valence-corrected chi connectivity index (χ3v) is 5.41. The Morgan fingerprint density at radius 2 is 1.84 bits per heavy atom. The van der Waals surface area contributed by atoms with Crippen molar-refractivity contribution in [2.75, 3.05) is 18.7 Å². The molecule has 3 N–H and O–H groups in total. The molecule has 2 aliphatic heterocycles. The molecule has 0 aromatic heterocycles. The standard InChI is InChI=1S/C20H17BrN4O6/c1-20(11-2-7-14-15(8-11)31-10-30-14)17(27)25(19(29)24-20)9-16(26)23-18(28)22-13-5-3-12(21)4-6-13/h2-8H,9-10H2,1H3,(H,24,29)(H2,22,23,26,28). The summed E-state index contributed by atoms with van der Waals surface area (Å²) in [6, 6.07) is 10.1. The lowest BCUT2D eigenvalue weighted by Crippen LogP contribution is -2.45. The second-order valence-electron chi connectivity index (χ2n) is 7.02. The van der Waals surface area contributed by atoms with E-state index in [-0.39, 0.29) is 6.79 Å². The van der Waals surface area contributed by atoms with Crippen molar-refractivity contribution in [1.29, 1.82) is 0 Å². The van der Waals surface area contributed by atoms with E-state index in [2.05, 4.69) is 31.9 Å². The highest BCUT2D eigenvalue weighted by Crippen LogP contribution is 2.37. The molecule has 6 amide bonds. The summed E-state index contributed by atoms with van der Waals surface area (Å²) in [5, 5.41) is 7.19. The van der Waals surface area contributed by atoms with Gasteiger partial charge in [-0.2, -0.15) is 0 Å². The van der Waals surface area contributed by atoms with Crippen LogP contribution < -0.4 is 25.4 Å². The van der Waals surface area contributed by atoms with Crippen molar-refractivity contribution in [1.82, 2.24) is 15.5 Å². The Hall–Kier alpha value is -3.60. The lowest BCUT2D eigenvalue weighted by molar-refractivity contribution is -0.134. The summed E-state index contributed by atoms with van der Waals surface area (Å²) >= 11 is 3.28. The molecule has 160 valence electrons. The summed E-state index contributed by atoms with van der Waals surface area (Å²) < 4.78 is 11.4. The van der Waals surface area contributed by atoms with Gasteiger partial charge >= 0.3 is 12.1 Å². The molecule has 0 aliphatic carbocycles. The first kappa shape index (κ1) is 20.7. The molecule has 2 heterocycles. The van der Waals surface area contributed by atoms with Crippen molar-refractivity contribution in [3.63, 3.8) is 0 Å². The number of carbonyl (C=O) groups excluding carboxylic acids is 4. The Balaban J connectivity index is 1.41. The van der Waals surface area contributed by atoms with E-state index in [1.165, 1.54) is 6.92 Å². The number of hydrogen-bond acceptors (Lipinski definition) is 6. The van der Waals surface area contributed by atoms with Crippen LogP contribution >= 0.6 is 15.9 Å². The van der Waals surface area contributed by atoms with Gasteiger partial charge in [-0.3, -0.25) is 19.8 Å². The van der Waals surface area contributed by atoms with E-state index in [4.69, 9.17) is 9.47 Å². The number of carbonyl (C=O) groups is 4. The Morgan fingerprint density at radius 1 is 1.13 bits per heavy atom. The maximum absolute atomic E-state index is 13.0. The van der Waals surface area contributed by atoms with Crippen LogP contribution in [-0.2, 0) is 15.1 Å². The fraction of sp³-hybridized carbons (Fsp3) is 0.200. The summed E-state index contributed by atoms with van der Waals surface area (Å²) in [5.41, 5.74) is -0.442. The van der Waals surface area contributed by atoms with E-state index in [1.54, 1.807) is 42.5 Å². The van der Waals surface area contributed by atoms with Gasteiger partial charge in [-0.1, -0.05) is 22.0 Å².